The molecular formula is C22H23N3O3. The van der Waals surface area contributed by atoms with Gasteiger partial charge in [0.15, 0.2) is 0 Å². The van der Waals surface area contributed by atoms with E-state index in [-0.39, 0.29) is 11.5 Å². The number of carbonyl (C=O) groups is 1. The molecule has 0 radical (unpaired) electrons. The molecule has 2 aliphatic heterocycles. The molecule has 0 amide bonds. The number of nitrogens with zero attached hydrogens (tertiary/aromatic N) is 2. The second-order valence-electron chi connectivity index (χ2n) is 8.19. The van der Waals surface area contributed by atoms with E-state index in [2.05, 4.69) is 16.0 Å². The third kappa shape index (κ3) is 2.67. The molecule has 0 spiro atoms. The minimum Gasteiger partial charge on any atom is -0.480 e. The van der Waals surface area contributed by atoms with E-state index < -0.39 is 12.0 Å². The fraction of sp³-hybridized carbons (Fsp3) is 0.364. The summed E-state index contributed by atoms with van der Waals surface area (Å²) in [5, 5.41) is 11.1. The fourth-order valence-corrected chi connectivity index (χ4v) is 5.11. The second-order valence-corrected chi connectivity index (χ2v) is 8.19. The number of carboxylic acids is 1. The molecule has 6 nitrogen and oxygen atoms in total. The lowest BCUT2D eigenvalue weighted by molar-refractivity contribution is -0.144. The molecule has 2 bridgehead atoms. The number of benzene rings is 1. The molecule has 1 aromatic carbocycles. The number of aromatic amines is 1. The van der Waals surface area contributed by atoms with E-state index in [1.165, 1.54) is 0 Å². The van der Waals surface area contributed by atoms with Gasteiger partial charge >= 0.3 is 5.97 Å². The predicted molar refractivity (Wildman–Crippen MR) is 107 cm³/mol. The minimum absolute atomic E-state index is 0.0440. The molecule has 4 heterocycles. The number of pyridine rings is 1. The van der Waals surface area contributed by atoms with Gasteiger partial charge in [-0.1, -0.05) is 17.7 Å². The van der Waals surface area contributed by atoms with Gasteiger partial charge in [-0.2, -0.15) is 0 Å². The molecule has 2 N–H and O–H groups in total. The van der Waals surface area contributed by atoms with Gasteiger partial charge in [0.25, 0.3) is 5.56 Å². The number of H-pyrrole nitrogens is 1. The zero-order valence-electron chi connectivity index (χ0n) is 15.8. The Labute approximate surface area is 162 Å². The molecule has 2 aliphatic rings. The summed E-state index contributed by atoms with van der Waals surface area (Å²) in [6.45, 7) is 4.02. The predicted octanol–water partition coefficient (Wildman–Crippen LogP) is 2.88. The van der Waals surface area contributed by atoms with E-state index in [9.17, 15) is 14.7 Å². The van der Waals surface area contributed by atoms with Crippen LogP contribution in [-0.4, -0.2) is 38.6 Å². The third-order valence-electron chi connectivity index (χ3n) is 6.27. The van der Waals surface area contributed by atoms with E-state index >= 15 is 0 Å². The average molecular weight is 377 g/mol. The third-order valence-corrected chi connectivity index (χ3v) is 6.27. The quantitative estimate of drug-likeness (QED) is 0.736. The SMILES string of the molecule is Cc1ccc2[nH]cc(C(C(=O)O)N3C[C@@H]4C[C@H](C3)c3cccc(=O)n3C4)c2c1. The van der Waals surface area contributed by atoms with Crippen molar-refractivity contribution in [1.29, 1.82) is 0 Å². The van der Waals surface area contributed by atoms with Crippen molar-refractivity contribution >= 4 is 16.9 Å². The molecule has 0 saturated carbocycles. The number of aryl methyl sites for hydroxylation is 1. The van der Waals surface area contributed by atoms with Gasteiger partial charge in [-0.05, 0) is 37.5 Å². The first-order valence-electron chi connectivity index (χ1n) is 9.75. The fourth-order valence-electron chi connectivity index (χ4n) is 5.11. The molecule has 5 rings (SSSR count). The number of fused-ring (bicyclic) bond motifs is 5. The average Bonchev–Trinajstić information content (AvgIpc) is 3.05. The van der Waals surface area contributed by atoms with E-state index in [0.717, 1.165) is 34.1 Å². The molecule has 28 heavy (non-hydrogen) atoms. The molecule has 3 aromatic rings. The number of piperidine rings is 1. The maximum atomic E-state index is 12.3. The monoisotopic (exact) mass is 377 g/mol. The number of hydrogen-bond acceptors (Lipinski definition) is 3. The number of carboxylic acid groups (broad SMARTS) is 1. The molecule has 6 heteroatoms. The molecular weight excluding hydrogens is 354 g/mol. The van der Waals surface area contributed by atoms with Crippen LogP contribution in [0.3, 0.4) is 0 Å². The van der Waals surface area contributed by atoms with Crippen LogP contribution in [0.25, 0.3) is 10.9 Å². The van der Waals surface area contributed by atoms with E-state index in [1.807, 2.05) is 42.0 Å². The Hall–Kier alpha value is -2.86. The van der Waals surface area contributed by atoms with Gasteiger partial charge in [-0.15, -0.1) is 0 Å². The van der Waals surface area contributed by atoms with Crippen molar-refractivity contribution in [2.75, 3.05) is 13.1 Å². The minimum atomic E-state index is -0.826. The molecule has 3 atom stereocenters. The Kier molecular flexibility index (Phi) is 3.91. The highest BCUT2D eigenvalue weighted by atomic mass is 16.4. The number of hydrogen-bond donors (Lipinski definition) is 2. The van der Waals surface area contributed by atoms with Crippen molar-refractivity contribution in [3.05, 3.63) is 69.8 Å². The summed E-state index contributed by atoms with van der Waals surface area (Å²) >= 11 is 0. The summed E-state index contributed by atoms with van der Waals surface area (Å²) in [6, 6.07) is 10.8. The lowest BCUT2D eigenvalue weighted by Crippen LogP contribution is -2.49. The Morgan fingerprint density at radius 1 is 1.21 bits per heavy atom. The molecule has 1 saturated heterocycles. The van der Waals surface area contributed by atoms with Gasteiger partial charge in [0, 0.05) is 60.0 Å². The van der Waals surface area contributed by atoms with Crippen LogP contribution in [0.15, 0.2) is 47.4 Å². The summed E-state index contributed by atoms with van der Waals surface area (Å²) < 4.78 is 1.88. The normalized spacial score (nSPS) is 22.8. The molecule has 144 valence electrons. The van der Waals surface area contributed by atoms with Crippen molar-refractivity contribution in [2.45, 2.75) is 31.8 Å². The Bertz CT molecular complexity index is 1130. The topological polar surface area (TPSA) is 78.3 Å². The summed E-state index contributed by atoms with van der Waals surface area (Å²) in [5.74, 6) is -0.344. The van der Waals surface area contributed by atoms with Crippen LogP contribution in [0, 0.1) is 12.8 Å². The van der Waals surface area contributed by atoms with Gasteiger partial charge < -0.3 is 14.7 Å². The van der Waals surface area contributed by atoms with Gasteiger partial charge in [0.05, 0.1) is 0 Å². The second kappa shape index (κ2) is 6.34. The van der Waals surface area contributed by atoms with Gasteiger partial charge in [0.2, 0.25) is 0 Å². The first kappa shape index (κ1) is 17.3. The van der Waals surface area contributed by atoms with E-state index in [0.29, 0.717) is 25.6 Å². The van der Waals surface area contributed by atoms with Crippen molar-refractivity contribution in [2.24, 2.45) is 5.92 Å². The zero-order valence-corrected chi connectivity index (χ0v) is 15.8. The Morgan fingerprint density at radius 2 is 2.07 bits per heavy atom. The van der Waals surface area contributed by atoms with Crippen molar-refractivity contribution in [3.63, 3.8) is 0 Å². The van der Waals surface area contributed by atoms with Crippen LogP contribution in [0.1, 0.15) is 35.2 Å². The lowest BCUT2D eigenvalue weighted by atomic mass is 9.82. The first-order valence-corrected chi connectivity index (χ1v) is 9.75. The van der Waals surface area contributed by atoms with Crippen LogP contribution in [0.5, 0.6) is 0 Å². The number of aliphatic carboxylic acids is 1. The first-order chi connectivity index (χ1) is 13.5. The van der Waals surface area contributed by atoms with Gasteiger partial charge in [-0.25, -0.2) is 0 Å². The van der Waals surface area contributed by atoms with Gasteiger partial charge in [0.1, 0.15) is 6.04 Å². The van der Waals surface area contributed by atoms with Crippen LogP contribution in [0.2, 0.25) is 0 Å². The standard InChI is InChI=1S/C22H23N3O3/c1-13-5-6-18-16(7-13)17(9-23-18)21(22(27)28)24-10-14-8-15(12-24)19-3-2-4-20(26)25(19)11-14/h2-7,9,14-15,21,23H,8,10-12H2,1H3,(H,27,28)/t14-,15+,21?/m0/s1. The van der Waals surface area contributed by atoms with Crippen molar-refractivity contribution in [1.82, 2.24) is 14.5 Å². The summed E-state index contributed by atoms with van der Waals surface area (Å²) in [5.41, 5.74) is 3.97. The van der Waals surface area contributed by atoms with Gasteiger partial charge in [-0.3, -0.25) is 14.5 Å². The number of likely N-dealkylation sites (tertiary alicyclic amines) is 1. The highest BCUT2D eigenvalue weighted by molar-refractivity contribution is 5.89. The molecule has 0 aliphatic carbocycles. The molecule has 1 fully saturated rings. The van der Waals surface area contributed by atoms with Crippen LogP contribution in [0.4, 0.5) is 0 Å². The van der Waals surface area contributed by atoms with Crippen LogP contribution >= 0.6 is 0 Å². The molecule has 1 unspecified atom stereocenters. The Balaban J connectivity index is 1.55. The zero-order chi connectivity index (χ0) is 19.4. The largest absolute Gasteiger partial charge is 0.480 e. The highest BCUT2D eigenvalue weighted by Crippen LogP contribution is 2.39. The molecule has 2 aromatic heterocycles. The van der Waals surface area contributed by atoms with E-state index in [4.69, 9.17) is 0 Å². The van der Waals surface area contributed by atoms with Crippen LogP contribution in [-0.2, 0) is 11.3 Å². The summed E-state index contributed by atoms with van der Waals surface area (Å²) in [4.78, 5) is 29.9. The van der Waals surface area contributed by atoms with Crippen molar-refractivity contribution in [3.8, 4) is 0 Å². The number of rotatable bonds is 3. The number of aromatic nitrogens is 2. The van der Waals surface area contributed by atoms with Crippen LogP contribution < -0.4 is 5.56 Å². The maximum Gasteiger partial charge on any atom is 0.325 e. The Morgan fingerprint density at radius 3 is 2.89 bits per heavy atom. The summed E-state index contributed by atoms with van der Waals surface area (Å²) in [6.07, 6.45) is 2.85. The lowest BCUT2D eigenvalue weighted by Gasteiger charge is -2.44. The smallest absolute Gasteiger partial charge is 0.325 e. The maximum absolute atomic E-state index is 12.3. The number of nitrogens with one attached hydrogen (secondary N) is 1. The van der Waals surface area contributed by atoms with E-state index in [1.54, 1.807) is 6.07 Å². The van der Waals surface area contributed by atoms with Crippen molar-refractivity contribution < 1.29 is 9.90 Å². The summed E-state index contributed by atoms with van der Waals surface area (Å²) in [7, 11) is 0. The highest BCUT2D eigenvalue weighted by Gasteiger charge is 2.40.